The first-order chi connectivity index (χ1) is 17.5. The number of hydrogen-bond acceptors (Lipinski definition) is 6. The maximum Gasteiger partial charge on any atom is 0.416 e. The fourth-order valence-corrected chi connectivity index (χ4v) is 4.17. The molecule has 0 fully saturated rings. The van der Waals surface area contributed by atoms with E-state index in [1.807, 2.05) is 6.92 Å². The van der Waals surface area contributed by atoms with Crippen molar-refractivity contribution in [2.75, 3.05) is 11.4 Å². The second-order valence-electron chi connectivity index (χ2n) is 9.02. The maximum absolute atomic E-state index is 13.0. The molecule has 196 valence electrons. The van der Waals surface area contributed by atoms with Crippen LogP contribution >= 0.6 is 0 Å². The Labute approximate surface area is 209 Å². The Bertz CT molecular complexity index is 1470. The second kappa shape index (κ2) is 10.1. The van der Waals surface area contributed by atoms with Crippen LogP contribution in [0.1, 0.15) is 38.3 Å². The standard InChI is InChI=1S/C24H26F3N7O3/c1-4-8-34(18(13(2)3)22(36)37)23-31-20-17(21(35)32-23)29-19(30-20)15-10-28-33(12-15)11-14-6-5-7-16(9-14)24(25,26)27/h5-7,9-10,12-13,18H,4,8,11H2,1-3H3,(H,36,37)(H2,29,30,31,32,35)/t18-/m0/s1. The van der Waals surface area contributed by atoms with Gasteiger partial charge in [0.25, 0.3) is 5.56 Å². The third-order valence-electron chi connectivity index (χ3n) is 5.81. The van der Waals surface area contributed by atoms with Crippen LogP contribution in [0.4, 0.5) is 19.1 Å². The number of imidazole rings is 1. The van der Waals surface area contributed by atoms with Crippen molar-refractivity contribution in [2.45, 2.75) is 46.0 Å². The van der Waals surface area contributed by atoms with E-state index < -0.39 is 29.3 Å². The SMILES string of the molecule is CCCN(c1nc2nc(-c3cnn(Cc4cccc(C(F)(F)F)c4)c3)[nH]c2c(=O)[nH]1)[C@H](C(=O)O)C(C)C. The summed E-state index contributed by atoms with van der Waals surface area (Å²) in [5.74, 6) is -0.871. The molecule has 0 saturated carbocycles. The molecule has 0 aliphatic carbocycles. The maximum atomic E-state index is 13.0. The number of aliphatic carboxylic acids is 1. The van der Waals surface area contributed by atoms with Crippen LogP contribution in [0.15, 0.2) is 41.5 Å². The number of carbonyl (C=O) groups is 1. The van der Waals surface area contributed by atoms with E-state index in [9.17, 15) is 27.9 Å². The number of nitrogens with one attached hydrogen (secondary N) is 2. The Morgan fingerprint density at radius 2 is 1.97 bits per heavy atom. The average molecular weight is 518 g/mol. The Hall–Kier alpha value is -4.16. The zero-order valence-corrected chi connectivity index (χ0v) is 20.4. The third kappa shape index (κ3) is 5.49. The molecule has 4 rings (SSSR count). The van der Waals surface area contributed by atoms with Crippen LogP contribution < -0.4 is 10.5 Å². The van der Waals surface area contributed by atoms with Gasteiger partial charge in [-0.3, -0.25) is 14.5 Å². The Morgan fingerprint density at radius 3 is 2.62 bits per heavy atom. The Balaban J connectivity index is 1.65. The summed E-state index contributed by atoms with van der Waals surface area (Å²) >= 11 is 0. The van der Waals surface area contributed by atoms with Crippen molar-refractivity contribution in [2.24, 2.45) is 5.92 Å². The first kappa shape index (κ1) is 25.9. The first-order valence-electron chi connectivity index (χ1n) is 11.7. The molecule has 0 spiro atoms. The van der Waals surface area contributed by atoms with Crippen LogP contribution in [-0.2, 0) is 17.5 Å². The number of aromatic amines is 2. The van der Waals surface area contributed by atoms with E-state index in [1.54, 1.807) is 31.0 Å². The molecule has 0 radical (unpaired) electrons. The van der Waals surface area contributed by atoms with Crippen LogP contribution in [0, 0.1) is 5.92 Å². The molecule has 37 heavy (non-hydrogen) atoms. The predicted octanol–water partition coefficient (Wildman–Crippen LogP) is 3.90. The predicted molar refractivity (Wildman–Crippen MR) is 130 cm³/mol. The summed E-state index contributed by atoms with van der Waals surface area (Å²) in [6.45, 7) is 5.92. The number of H-pyrrole nitrogens is 2. The Morgan fingerprint density at radius 1 is 1.22 bits per heavy atom. The van der Waals surface area contributed by atoms with Crippen molar-refractivity contribution in [3.05, 3.63) is 58.1 Å². The number of carboxylic acids is 1. The molecular weight excluding hydrogens is 491 g/mol. The van der Waals surface area contributed by atoms with Gasteiger partial charge in [-0.25, -0.2) is 9.78 Å². The fourth-order valence-electron chi connectivity index (χ4n) is 4.17. The van der Waals surface area contributed by atoms with Crippen LogP contribution in [0.25, 0.3) is 22.6 Å². The lowest BCUT2D eigenvalue weighted by Crippen LogP contribution is -2.46. The summed E-state index contributed by atoms with van der Waals surface area (Å²) in [5, 5.41) is 14.0. The molecule has 1 atom stereocenters. The zero-order valence-electron chi connectivity index (χ0n) is 20.4. The van der Waals surface area contributed by atoms with Gasteiger partial charge in [-0.2, -0.15) is 23.3 Å². The summed E-state index contributed by atoms with van der Waals surface area (Å²) in [4.78, 5) is 40.7. The number of nitrogens with zero attached hydrogens (tertiary/aromatic N) is 5. The van der Waals surface area contributed by atoms with E-state index in [-0.39, 0.29) is 29.6 Å². The molecule has 0 aliphatic heterocycles. The first-order valence-corrected chi connectivity index (χ1v) is 11.7. The molecule has 0 aliphatic rings. The molecule has 0 saturated heterocycles. The number of aromatic nitrogens is 6. The van der Waals surface area contributed by atoms with Gasteiger partial charge in [-0.15, -0.1) is 0 Å². The van der Waals surface area contributed by atoms with Gasteiger partial charge in [-0.05, 0) is 30.0 Å². The monoisotopic (exact) mass is 517 g/mol. The largest absolute Gasteiger partial charge is 0.480 e. The normalized spacial score (nSPS) is 12.8. The van der Waals surface area contributed by atoms with Crippen LogP contribution in [0.3, 0.4) is 0 Å². The lowest BCUT2D eigenvalue weighted by Gasteiger charge is -2.31. The molecule has 10 nitrogen and oxygen atoms in total. The smallest absolute Gasteiger partial charge is 0.416 e. The molecular formula is C24H26F3N7O3. The van der Waals surface area contributed by atoms with Crippen LogP contribution in [0.5, 0.6) is 0 Å². The van der Waals surface area contributed by atoms with Gasteiger partial charge in [0, 0.05) is 12.7 Å². The lowest BCUT2D eigenvalue weighted by atomic mass is 10.0. The zero-order chi connectivity index (χ0) is 26.9. The highest BCUT2D eigenvalue weighted by Gasteiger charge is 2.31. The molecule has 4 aromatic rings. The number of benzene rings is 1. The van der Waals surface area contributed by atoms with Gasteiger partial charge in [-0.1, -0.05) is 32.9 Å². The quantitative estimate of drug-likeness (QED) is 0.307. The number of halogens is 3. The average Bonchev–Trinajstić information content (AvgIpc) is 3.45. The Kier molecular flexibility index (Phi) is 7.05. The molecule has 1 aromatic carbocycles. The molecule has 3 heterocycles. The summed E-state index contributed by atoms with van der Waals surface area (Å²) in [5.41, 5.74) is -0.113. The second-order valence-corrected chi connectivity index (χ2v) is 9.02. The summed E-state index contributed by atoms with van der Waals surface area (Å²) in [7, 11) is 0. The molecule has 0 bridgehead atoms. The summed E-state index contributed by atoms with van der Waals surface area (Å²) in [6.07, 6.45) is -0.737. The number of rotatable bonds is 9. The lowest BCUT2D eigenvalue weighted by molar-refractivity contribution is -0.140. The van der Waals surface area contributed by atoms with Crippen molar-refractivity contribution in [3.63, 3.8) is 0 Å². The minimum atomic E-state index is -4.44. The highest BCUT2D eigenvalue weighted by Crippen LogP contribution is 2.30. The van der Waals surface area contributed by atoms with Gasteiger partial charge >= 0.3 is 12.1 Å². The third-order valence-corrected chi connectivity index (χ3v) is 5.81. The summed E-state index contributed by atoms with van der Waals surface area (Å²) in [6, 6.07) is 4.09. The van der Waals surface area contributed by atoms with Gasteiger partial charge in [0.2, 0.25) is 5.95 Å². The number of carboxylic acid groups (broad SMARTS) is 1. The number of fused-ring (bicyclic) bond motifs is 1. The highest BCUT2D eigenvalue weighted by molar-refractivity contribution is 5.79. The molecule has 3 N–H and O–H groups in total. The van der Waals surface area contributed by atoms with Gasteiger partial charge in [0.15, 0.2) is 11.2 Å². The van der Waals surface area contributed by atoms with E-state index in [4.69, 9.17) is 0 Å². The highest BCUT2D eigenvalue weighted by atomic mass is 19.4. The van der Waals surface area contributed by atoms with Crippen molar-refractivity contribution >= 4 is 23.1 Å². The van der Waals surface area contributed by atoms with E-state index >= 15 is 0 Å². The molecule has 0 unspecified atom stereocenters. The van der Waals surface area contributed by atoms with E-state index in [0.717, 1.165) is 12.1 Å². The van der Waals surface area contributed by atoms with Crippen molar-refractivity contribution in [3.8, 4) is 11.4 Å². The number of alkyl halides is 3. The van der Waals surface area contributed by atoms with Crippen LogP contribution in [-0.4, -0.2) is 53.4 Å². The van der Waals surface area contributed by atoms with E-state index in [1.165, 1.54) is 16.9 Å². The van der Waals surface area contributed by atoms with Gasteiger partial charge in [0.1, 0.15) is 11.9 Å². The minimum absolute atomic E-state index is 0.102. The minimum Gasteiger partial charge on any atom is -0.480 e. The van der Waals surface area contributed by atoms with Crippen LogP contribution in [0.2, 0.25) is 0 Å². The van der Waals surface area contributed by atoms with Crippen molar-refractivity contribution in [1.82, 2.24) is 29.7 Å². The van der Waals surface area contributed by atoms with E-state index in [0.29, 0.717) is 29.9 Å². The number of hydrogen-bond donors (Lipinski definition) is 3. The van der Waals surface area contributed by atoms with Crippen molar-refractivity contribution < 1.29 is 23.1 Å². The van der Waals surface area contributed by atoms with Gasteiger partial charge < -0.3 is 15.0 Å². The molecule has 13 heteroatoms. The van der Waals surface area contributed by atoms with Gasteiger partial charge in [0.05, 0.1) is 23.9 Å². The molecule has 3 aromatic heterocycles. The molecule has 0 amide bonds. The summed E-state index contributed by atoms with van der Waals surface area (Å²) < 4.78 is 40.5. The van der Waals surface area contributed by atoms with E-state index in [2.05, 4.69) is 25.0 Å². The topological polar surface area (TPSA) is 133 Å². The number of anilines is 1. The van der Waals surface area contributed by atoms with Crippen molar-refractivity contribution in [1.29, 1.82) is 0 Å². The fraction of sp³-hybridized carbons (Fsp3) is 0.375.